The minimum Gasteiger partial charge on any atom is -0.293 e. The Bertz CT molecular complexity index is 690. The summed E-state index contributed by atoms with van der Waals surface area (Å²) >= 11 is 0. The van der Waals surface area contributed by atoms with Gasteiger partial charge in [-0.2, -0.15) is 23.4 Å². The molecule has 1 atom stereocenters. The van der Waals surface area contributed by atoms with Gasteiger partial charge < -0.3 is 0 Å². The van der Waals surface area contributed by atoms with Crippen molar-refractivity contribution in [1.82, 2.24) is 19.6 Å². The van der Waals surface area contributed by atoms with Gasteiger partial charge in [0.15, 0.2) is 11.5 Å². The molecule has 3 rings (SSSR count). The molecular weight excluding hydrogens is 299 g/mol. The van der Waals surface area contributed by atoms with E-state index in [1.807, 2.05) is 0 Å². The lowest BCUT2D eigenvalue weighted by atomic mass is 10.1. The van der Waals surface area contributed by atoms with Crippen molar-refractivity contribution >= 4 is 11.7 Å². The molecule has 118 valence electrons. The predicted octanol–water partition coefficient (Wildman–Crippen LogP) is 2.00. The molecule has 9 heteroatoms. The molecule has 0 N–H and O–H groups in total. The maximum Gasteiger partial charge on any atom is 0.435 e. The van der Waals surface area contributed by atoms with Crippen LogP contribution >= 0.6 is 0 Å². The van der Waals surface area contributed by atoms with Gasteiger partial charge in [0.05, 0.1) is 0 Å². The van der Waals surface area contributed by atoms with Gasteiger partial charge in [-0.15, -0.1) is 0 Å². The summed E-state index contributed by atoms with van der Waals surface area (Å²) in [7, 11) is 1.73. The molecule has 1 saturated heterocycles. The van der Waals surface area contributed by atoms with Gasteiger partial charge in [-0.3, -0.25) is 19.1 Å². The number of hydrogen-bond acceptors (Lipinski definition) is 3. The van der Waals surface area contributed by atoms with E-state index in [1.165, 1.54) is 11.1 Å². The summed E-state index contributed by atoms with van der Waals surface area (Å²) in [4.78, 5) is 14.0. The number of carbonyl (C=O) groups excluding carboxylic acids is 1. The third-order valence-electron chi connectivity index (χ3n) is 3.60. The number of amides is 1. The molecule has 0 bridgehead atoms. The van der Waals surface area contributed by atoms with E-state index in [0.29, 0.717) is 25.2 Å². The third-order valence-corrected chi connectivity index (χ3v) is 3.60. The number of hydrogen-bond donors (Lipinski definition) is 0. The van der Waals surface area contributed by atoms with Crippen LogP contribution < -0.4 is 4.90 Å². The van der Waals surface area contributed by atoms with Crippen LogP contribution in [0.4, 0.5) is 19.0 Å². The van der Waals surface area contributed by atoms with Crippen LogP contribution in [-0.4, -0.2) is 32.0 Å². The van der Waals surface area contributed by atoms with Crippen molar-refractivity contribution < 1.29 is 18.0 Å². The van der Waals surface area contributed by atoms with Crippen molar-refractivity contribution in [2.75, 3.05) is 11.4 Å². The van der Waals surface area contributed by atoms with Gasteiger partial charge in [-0.05, 0) is 18.9 Å². The molecule has 1 aliphatic heterocycles. The van der Waals surface area contributed by atoms with Gasteiger partial charge in [0, 0.05) is 32.1 Å². The highest BCUT2D eigenvalue weighted by atomic mass is 19.4. The first-order valence-electron chi connectivity index (χ1n) is 6.79. The average molecular weight is 313 g/mol. The molecule has 0 aliphatic carbocycles. The maximum atomic E-state index is 12.6. The first-order chi connectivity index (χ1) is 10.4. The molecule has 6 nitrogen and oxygen atoms in total. The Morgan fingerprint density at radius 2 is 2.00 bits per heavy atom. The molecule has 1 aliphatic rings. The lowest BCUT2D eigenvalue weighted by Crippen LogP contribution is -2.42. The van der Waals surface area contributed by atoms with Gasteiger partial charge >= 0.3 is 6.18 Å². The molecule has 1 fully saturated rings. The molecule has 22 heavy (non-hydrogen) atoms. The molecule has 0 aromatic carbocycles. The van der Waals surface area contributed by atoms with E-state index in [-0.39, 0.29) is 5.91 Å². The second-order valence-electron chi connectivity index (χ2n) is 5.17. The van der Waals surface area contributed by atoms with Crippen LogP contribution in [0, 0.1) is 0 Å². The number of carbonyl (C=O) groups is 1. The zero-order chi connectivity index (χ0) is 15.9. The summed E-state index contributed by atoms with van der Waals surface area (Å²) in [6.07, 6.45) is -0.464. The monoisotopic (exact) mass is 313 g/mol. The van der Waals surface area contributed by atoms with E-state index in [2.05, 4.69) is 10.2 Å². The lowest BCUT2D eigenvalue weighted by molar-refractivity contribution is -0.142. The van der Waals surface area contributed by atoms with Gasteiger partial charge in [-0.25, -0.2) is 0 Å². The van der Waals surface area contributed by atoms with Gasteiger partial charge in [0.2, 0.25) is 0 Å². The third kappa shape index (κ3) is 2.58. The Morgan fingerprint density at radius 3 is 2.59 bits per heavy atom. The maximum absolute atomic E-state index is 12.6. The smallest absolute Gasteiger partial charge is 0.293 e. The van der Waals surface area contributed by atoms with Crippen LogP contribution in [0.2, 0.25) is 0 Å². The van der Waals surface area contributed by atoms with Crippen LogP contribution in [0.5, 0.6) is 0 Å². The molecule has 1 amide bonds. The minimum absolute atomic E-state index is 0.290. The zero-order valence-electron chi connectivity index (χ0n) is 11.8. The largest absolute Gasteiger partial charge is 0.435 e. The molecule has 0 spiro atoms. The number of aromatic nitrogens is 4. The molecule has 2 aromatic rings. The van der Waals surface area contributed by atoms with E-state index < -0.39 is 17.9 Å². The summed E-state index contributed by atoms with van der Waals surface area (Å²) in [5.74, 6) is 0.210. The van der Waals surface area contributed by atoms with E-state index in [1.54, 1.807) is 24.0 Å². The normalized spacial score (nSPS) is 19.7. The fourth-order valence-corrected chi connectivity index (χ4v) is 2.54. The van der Waals surface area contributed by atoms with Gasteiger partial charge in [0.1, 0.15) is 6.04 Å². The number of rotatable bonds is 2. The minimum atomic E-state index is -4.51. The topological polar surface area (TPSA) is 56.0 Å². The van der Waals surface area contributed by atoms with Crippen LogP contribution in [-0.2, 0) is 18.0 Å². The number of piperidine rings is 1. The number of halogens is 3. The highest BCUT2D eigenvalue weighted by molar-refractivity contribution is 5.95. The van der Waals surface area contributed by atoms with Crippen molar-refractivity contribution in [1.29, 1.82) is 0 Å². The number of anilines is 1. The Kier molecular flexibility index (Phi) is 3.42. The van der Waals surface area contributed by atoms with Crippen molar-refractivity contribution in [2.24, 2.45) is 7.05 Å². The SMILES string of the molecule is Cn1ccc(N2CCCC(n3ccc(C(F)(F)F)n3)C2=O)n1. The van der Waals surface area contributed by atoms with Gasteiger partial charge in [-0.1, -0.05) is 0 Å². The Hall–Kier alpha value is -2.32. The highest BCUT2D eigenvalue weighted by Gasteiger charge is 2.37. The van der Waals surface area contributed by atoms with E-state index in [4.69, 9.17) is 0 Å². The number of aryl methyl sites for hydroxylation is 1. The van der Waals surface area contributed by atoms with Crippen LogP contribution in [0.3, 0.4) is 0 Å². The Morgan fingerprint density at radius 1 is 1.23 bits per heavy atom. The predicted molar refractivity (Wildman–Crippen MR) is 71.1 cm³/mol. The Labute approximate surface area is 124 Å². The number of nitrogens with zero attached hydrogens (tertiary/aromatic N) is 5. The average Bonchev–Trinajstić information content (AvgIpc) is 3.07. The molecule has 0 radical (unpaired) electrons. The summed E-state index contributed by atoms with van der Waals surface area (Å²) in [6.45, 7) is 0.500. The number of alkyl halides is 3. The van der Waals surface area contributed by atoms with Crippen molar-refractivity contribution in [3.8, 4) is 0 Å². The van der Waals surface area contributed by atoms with Gasteiger partial charge in [0.25, 0.3) is 5.91 Å². The lowest BCUT2D eigenvalue weighted by Gasteiger charge is -2.30. The standard InChI is InChI=1S/C13H14F3N5O/c1-19-7-5-11(18-19)20-6-2-3-9(12(20)22)21-8-4-10(17-21)13(14,15)16/h4-5,7-9H,2-3,6H2,1H3. The molecule has 3 heterocycles. The van der Waals surface area contributed by atoms with Crippen molar-refractivity contribution in [2.45, 2.75) is 25.1 Å². The van der Waals surface area contributed by atoms with E-state index in [0.717, 1.165) is 10.7 Å². The highest BCUT2D eigenvalue weighted by Crippen LogP contribution is 2.30. The summed E-state index contributed by atoms with van der Waals surface area (Å²) in [5, 5.41) is 7.68. The zero-order valence-corrected chi connectivity index (χ0v) is 11.8. The molecule has 1 unspecified atom stereocenters. The van der Waals surface area contributed by atoms with Crippen molar-refractivity contribution in [3.63, 3.8) is 0 Å². The van der Waals surface area contributed by atoms with Crippen LogP contribution in [0.25, 0.3) is 0 Å². The summed E-state index contributed by atoms with van der Waals surface area (Å²) < 4.78 is 40.5. The first-order valence-corrected chi connectivity index (χ1v) is 6.79. The molecule has 0 saturated carbocycles. The van der Waals surface area contributed by atoms with E-state index >= 15 is 0 Å². The van der Waals surface area contributed by atoms with E-state index in [9.17, 15) is 18.0 Å². The fourth-order valence-electron chi connectivity index (χ4n) is 2.54. The summed E-state index contributed by atoms with van der Waals surface area (Å²) in [6, 6.07) is 1.85. The second-order valence-corrected chi connectivity index (χ2v) is 5.17. The van der Waals surface area contributed by atoms with Crippen molar-refractivity contribution in [3.05, 3.63) is 30.2 Å². The fraction of sp³-hybridized carbons (Fsp3) is 0.462. The molecular formula is C13H14F3N5O. The second kappa shape index (κ2) is 5.15. The quantitative estimate of drug-likeness (QED) is 0.852. The first kappa shape index (κ1) is 14.6. The van der Waals surface area contributed by atoms with Crippen LogP contribution in [0.15, 0.2) is 24.5 Å². The summed E-state index contributed by atoms with van der Waals surface area (Å²) in [5.41, 5.74) is -0.991. The Balaban J connectivity index is 1.85. The van der Waals surface area contributed by atoms with Crippen LogP contribution in [0.1, 0.15) is 24.6 Å². The molecule has 2 aromatic heterocycles.